The van der Waals surface area contributed by atoms with Gasteiger partial charge in [-0.05, 0) is 24.3 Å². The molecule has 0 spiro atoms. The molecular weight excluding hydrogens is 262 g/mol. The second-order valence-electron chi connectivity index (χ2n) is 7.18. The highest BCUT2D eigenvalue weighted by molar-refractivity contribution is 5.91. The fourth-order valence-electron chi connectivity index (χ4n) is 3.73. The summed E-state index contributed by atoms with van der Waals surface area (Å²) in [5.74, 6) is 0.502. The smallest absolute Gasteiger partial charge is 0.233 e. The van der Waals surface area contributed by atoms with E-state index in [4.69, 9.17) is 0 Å². The number of hydrogen-bond donors (Lipinski definition) is 1. The van der Waals surface area contributed by atoms with Gasteiger partial charge in [0.05, 0.1) is 11.0 Å². The standard InChI is InChI=1S/C18H25NO2/c1-13(2)18(21)12-19(11-14(18)3)16(20)17(9-10-17)15-7-5-4-6-8-15/h4-8,13-14,21H,9-12H2,1-3H3/t14-,18-/m1/s1. The Bertz CT molecular complexity index is 535. The SMILES string of the molecule is CC(C)[C@]1(O)CN(C(=O)C2(c3ccccc3)CC2)C[C@H]1C. The number of benzene rings is 1. The van der Waals surface area contributed by atoms with Crippen LogP contribution in [0.1, 0.15) is 39.2 Å². The van der Waals surface area contributed by atoms with E-state index in [1.807, 2.05) is 36.9 Å². The molecule has 0 bridgehead atoms. The van der Waals surface area contributed by atoms with Crippen LogP contribution in [0.15, 0.2) is 30.3 Å². The minimum absolute atomic E-state index is 0.132. The molecule has 1 aliphatic carbocycles. The fraction of sp³-hybridized carbons (Fsp3) is 0.611. The molecule has 1 aliphatic heterocycles. The number of nitrogens with zero attached hydrogens (tertiary/aromatic N) is 1. The summed E-state index contributed by atoms with van der Waals surface area (Å²) in [5, 5.41) is 10.8. The Balaban J connectivity index is 1.82. The highest BCUT2D eigenvalue weighted by Crippen LogP contribution is 2.50. The lowest BCUT2D eigenvalue weighted by molar-refractivity contribution is -0.134. The van der Waals surface area contributed by atoms with Gasteiger partial charge < -0.3 is 10.0 Å². The van der Waals surface area contributed by atoms with Crippen molar-refractivity contribution < 1.29 is 9.90 Å². The van der Waals surface area contributed by atoms with Crippen molar-refractivity contribution in [3.05, 3.63) is 35.9 Å². The third-order valence-corrected chi connectivity index (χ3v) is 5.56. The van der Waals surface area contributed by atoms with Gasteiger partial charge in [-0.1, -0.05) is 51.1 Å². The third-order valence-electron chi connectivity index (χ3n) is 5.56. The monoisotopic (exact) mass is 287 g/mol. The molecule has 1 saturated heterocycles. The van der Waals surface area contributed by atoms with Gasteiger partial charge in [0.15, 0.2) is 0 Å². The molecular formula is C18H25NO2. The van der Waals surface area contributed by atoms with Gasteiger partial charge in [-0.3, -0.25) is 4.79 Å². The summed E-state index contributed by atoms with van der Waals surface area (Å²) >= 11 is 0. The number of β-amino-alcohol motifs (C(OH)–C–C–N with tert-alkyl or cyclic N) is 1. The van der Waals surface area contributed by atoms with E-state index in [1.165, 1.54) is 0 Å². The van der Waals surface area contributed by atoms with Crippen molar-refractivity contribution in [3.63, 3.8) is 0 Å². The Morgan fingerprint density at radius 1 is 1.29 bits per heavy atom. The summed E-state index contributed by atoms with van der Waals surface area (Å²) in [6.45, 7) is 7.26. The van der Waals surface area contributed by atoms with Crippen LogP contribution in [0.5, 0.6) is 0 Å². The summed E-state index contributed by atoms with van der Waals surface area (Å²) in [5.41, 5.74) is 0.0636. The lowest BCUT2D eigenvalue weighted by atomic mass is 9.82. The summed E-state index contributed by atoms with van der Waals surface area (Å²) in [7, 11) is 0. The van der Waals surface area contributed by atoms with Crippen molar-refractivity contribution in [3.8, 4) is 0 Å². The number of rotatable bonds is 3. The van der Waals surface area contributed by atoms with Crippen molar-refractivity contribution in [1.82, 2.24) is 4.90 Å². The molecule has 0 radical (unpaired) electrons. The van der Waals surface area contributed by atoms with Gasteiger partial charge in [0.25, 0.3) is 0 Å². The minimum atomic E-state index is -0.748. The van der Waals surface area contributed by atoms with Crippen LogP contribution in [0.2, 0.25) is 0 Å². The van der Waals surface area contributed by atoms with Crippen molar-refractivity contribution in [2.45, 2.75) is 44.6 Å². The first-order chi connectivity index (χ1) is 9.90. The molecule has 1 saturated carbocycles. The molecule has 2 atom stereocenters. The van der Waals surface area contributed by atoms with Crippen LogP contribution >= 0.6 is 0 Å². The number of amides is 1. The zero-order chi connectivity index (χ0) is 15.3. The number of carbonyl (C=O) groups is 1. The van der Waals surface area contributed by atoms with Crippen LogP contribution in [0.4, 0.5) is 0 Å². The van der Waals surface area contributed by atoms with Crippen LogP contribution in [-0.4, -0.2) is 34.6 Å². The second kappa shape index (κ2) is 4.84. The Morgan fingerprint density at radius 3 is 2.38 bits per heavy atom. The molecule has 1 amide bonds. The largest absolute Gasteiger partial charge is 0.387 e. The molecule has 114 valence electrons. The Kier molecular flexibility index (Phi) is 3.36. The maximum Gasteiger partial charge on any atom is 0.233 e. The molecule has 21 heavy (non-hydrogen) atoms. The molecule has 1 heterocycles. The van der Waals surface area contributed by atoms with Gasteiger partial charge >= 0.3 is 0 Å². The lowest BCUT2D eigenvalue weighted by Crippen LogP contribution is -2.44. The lowest BCUT2D eigenvalue weighted by Gasteiger charge is -2.31. The van der Waals surface area contributed by atoms with E-state index in [0.717, 1.165) is 18.4 Å². The Morgan fingerprint density at radius 2 is 1.90 bits per heavy atom. The van der Waals surface area contributed by atoms with Crippen molar-refractivity contribution in [1.29, 1.82) is 0 Å². The summed E-state index contributed by atoms with van der Waals surface area (Å²) < 4.78 is 0. The topological polar surface area (TPSA) is 40.5 Å². The Labute approximate surface area is 127 Å². The highest BCUT2D eigenvalue weighted by atomic mass is 16.3. The van der Waals surface area contributed by atoms with Gasteiger partial charge in [-0.2, -0.15) is 0 Å². The molecule has 3 rings (SSSR count). The molecule has 1 N–H and O–H groups in total. The summed E-state index contributed by atoms with van der Waals surface area (Å²) in [4.78, 5) is 14.9. The predicted molar refractivity (Wildman–Crippen MR) is 82.9 cm³/mol. The molecule has 2 aliphatic rings. The molecule has 3 heteroatoms. The van der Waals surface area contributed by atoms with E-state index in [-0.39, 0.29) is 23.2 Å². The van der Waals surface area contributed by atoms with E-state index >= 15 is 0 Å². The van der Waals surface area contributed by atoms with Gasteiger partial charge in [0, 0.05) is 19.0 Å². The molecule has 2 fully saturated rings. The van der Waals surface area contributed by atoms with E-state index in [0.29, 0.717) is 13.1 Å². The first kappa shape index (κ1) is 14.6. The zero-order valence-corrected chi connectivity index (χ0v) is 13.2. The third kappa shape index (κ3) is 2.18. The quantitative estimate of drug-likeness (QED) is 0.928. The van der Waals surface area contributed by atoms with Crippen molar-refractivity contribution in [2.75, 3.05) is 13.1 Å². The molecule has 0 aromatic heterocycles. The second-order valence-corrected chi connectivity index (χ2v) is 7.18. The van der Waals surface area contributed by atoms with Crippen LogP contribution in [0, 0.1) is 11.8 Å². The maximum atomic E-state index is 13.0. The van der Waals surface area contributed by atoms with Crippen LogP contribution in [-0.2, 0) is 10.2 Å². The first-order valence-corrected chi connectivity index (χ1v) is 7.97. The predicted octanol–water partition coefficient (Wildman–Crippen LogP) is 2.58. The van der Waals surface area contributed by atoms with Crippen molar-refractivity contribution >= 4 is 5.91 Å². The van der Waals surface area contributed by atoms with Crippen LogP contribution in [0.25, 0.3) is 0 Å². The number of hydrogen-bond acceptors (Lipinski definition) is 2. The van der Waals surface area contributed by atoms with Gasteiger partial charge in [-0.15, -0.1) is 0 Å². The molecule has 1 aromatic rings. The van der Waals surface area contributed by atoms with Gasteiger partial charge in [0.2, 0.25) is 5.91 Å². The average molecular weight is 287 g/mol. The Hall–Kier alpha value is -1.35. The highest BCUT2D eigenvalue weighted by Gasteiger charge is 2.56. The normalized spacial score (nSPS) is 30.7. The van der Waals surface area contributed by atoms with Crippen molar-refractivity contribution in [2.24, 2.45) is 11.8 Å². The van der Waals surface area contributed by atoms with Crippen LogP contribution < -0.4 is 0 Å². The van der Waals surface area contributed by atoms with Gasteiger partial charge in [-0.25, -0.2) is 0 Å². The van der Waals surface area contributed by atoms with E-state index < -0.39 is 5.60 Å². The number of likely N-dealkylation sites (tertiary alicyclic amines) is 1. The fourth-order valence-corrected chi connectivity index (χ4v) is 3.73. The molecule has 3 nitrogen and oxygen atoms in total. The van der Waals surface area contributed by atoms with E-state index in [1.54, 1.807) is 0 Å². The van der Waals surface area contributed by atoms with E-state index in [2.05, 4.69) is 19.1 Å². The average Bonchev–Trinajstić information content (AvgIpc) is 3.22. The molecule has 0 unspecified atom stereocenters. The zero-order valence-electron chi connectivity index (χ0n) is 13.2. The maximum absolute atomic E-state index is 13.0. The summed E-state index contributed by atoms with van der Waals surface area (Å²) in [6.07, 6.45) is 1.86. The van der Waals surface area contributed by atoms with Gasteiger partial charge in [0.1, 0.15) is 0 Å². The first-order valence-electron chi connectivity index (χ1n) is 7.97. The number of aliphatic hydroxyl groups is 1. The number of carbonyl (C=O) groups excluding carboxylic acids is 1. The summed E-state index contributed by atoms with van der Waals surface area (Å²) in [6, 6.07) is 10.1. The van der Waals surface area contributed by atoms with E-state index in [9.17, 15) is 9.90 Å². The van der Waals surface area contributed by atoms with Crippen LogP contribution in [0.3, 0.4) is 0 Å². The molecule has 1 aromatic carbocycles. The minimum Gasteiger partial charge on any atom is -0.387 e.